The van der Waals surface area contributed by atoms with Gasteiger partial charge in [-0.05, 0) is 67.1 Å². The number of benzene rings is 2. The maximum Gasteiger partial charge on any atom is 0.240 e. The van der Waals surface area contributed by atoms with Crippen molar-refractivity contribution >= 4 is 20.9 Å². The molecule has 136 valence electrons. The van der Waals surface area contributed by atoms with Crippen molar-refractivity contribution < 1.29 is 12.8 Å². The smallest absolute Gasteiger partial charge is 0.240 e. The van der Waals surface area contributed by atoms with E-state index >= 15 is 0 Å². The summed E-state index contributed by atoms with van der Waals surface area (Å²) in [7, 11) is -3.55. The molecule has 1 aromatic heterocycles. The first kappa shape index (κ1) is 17.2. The molecule has 4 rings (SSSR count). The van der Waals surface area contributed by atoms with Gasteiger partial charge in [-0.1, -0.05) is 19.1 Å². The molecule has 0 spiro atoms. The monoisotopic (exact) mass is 372 g/mol. The number of H-pyrrole nitrogens is 1. The van der Waals surface area contributed by atoms with Gasteiger partial charge in [-0.25, -0.2) is 17.5 Å². The summed E-state index contributed by atoms with van der Waals surface area (Å²) < 4.78 is 41.7. The van der Waals surface area contributed by atoms with Crippen LogP contribution in [0.3, 0.4) is 0 Å². The normalized spacial score (nSPS) is 17.4. The Labute approximate surface area is 152 Å². The molecule has 2 N–H and O–H groups in total. The molecule has 26 heavy (non-hydrogen) atoms. The van der Waals surface area contributed by atoms with Crippen LogP contribution in [0.1, 0.15) is 30.2 Å². The third-order valence-electron chi connectivity index (χ3n) is 5.11. The van der Waals surface area contributed by atoms with Crippen LogP contribution < -0.4 is 4.72 Å². The van der Waals surface area contributed by atoms with Crippen LogP contribution in [0.15, 0.2) is 47.4 Å². The second kappa shape index (κ2) is 6.52. The molecule has 4 nitrogen and oxygen atoms in total. The number of aromatic nitrogens is 1. The molecule has 0 amide bonds. The highest BCUT2D eigenvalue weighted by atomic mass is 32.2. The second-order valence-electron chi connectivity index (χ2n) is 6.83. The molecule has 2 aromatic carbocycles. The first-order valence-corrected chi connectivity index (χ1v) is 10.3. The number of halogens is 1. The zero-order valence-electron chi connectivity index (χ0n) is 14.5. The van der Waals surface area contributed by atoms with Crippen molar-refractivity contribution in [2.75, 3.05) is 0 Å². The van der Waals surface area contributed by atoms with Gasteiger partial charge in [-0.2, -0.15) is 0 Å². The molecule has 1 atom stereocenters. The van der Waals surface area contributed by atoms with Crippen molar-refractivity contribution in [2.24, 2.45) is 0 Å². The van der Waals surface area contributed by atoms with Gasteiger partial charge in [-0.15, -0.1) is 0 Å². The molecular formula is C20H21FN2O2S. The summed E-state index contributed by atoms with van der Waals surface area (Å²) in [5, 5.41) is 0.970. The van der Waals surface area contributed by atoms with Crippen LogP contribution in [0, 0.1) is 5.82 Å². The quantitative estimate of drug-likeness (QED) is 0.733. The molecule has 1 unspecified atom stereocenters. The van der Waals surface area contributed by atoms with E-state index in [1.165, 1.54) is 12.1 Å². The van der Waals surface area contributed by atoms with Crippen LogP contribution in [0.25, 0.3) is 10.9 Å². The van der Waals surface area contributed by atoms with Crippen LogP contribution in [0.2, 0.25) is 0 Å². The number of aromatic amines is 1. The summed E-state index contributed by atoms with van der Waals surface area (Å²) in [6.45, 7) is 2.04. The molecule has 0 radical (unpaired) electrons. The van der Waals surface area contributed by atoms with E-state index in [4.69, 9.17) is 0 Å². The zero-order chi connectivity index (χ0) is 18.3. The second-order valence-corrected chi connectivity index (χ2v) is 8.54. The lowest BCUT2D eigenvalue weighted by Gasteiger charge is -2.23. The lowest BCUT2D eigenvalue weighted by molar-refractivity contribution is 0.506. The molecule has 0 aliphatic heterocycles. The van der Waals surface area contributed by atoms with E-state index in [-0.39, 0.29) is 11.9 Å². The van der Waals surface area contributed by atoms with E-state index in [9.17, 15) is 12.8 Å². The molecule has 0 bridgehead atoms. The first-order valence-electron chi connectivity index (χ1n) is 8.86. The average molecular weight is 372 g/mol. The highest BCUT2D eigenvalue weighted by Crippen LogP contribution is 2.30. The van der Waals surface area contributed by atoms with Crippen molar-refractivity contribution in [3.63, 3.8) is 0 Å². The van der Waals surface area contributed by atoms with Crippen LogP contribution in [0.5, 0.6) is 0 Å². The molecule has 1 aliphatic rings. The topological polar surface area (TPSA) is 62.0 Å². The van der Waals surface area contributed by atoms with Gasteiger partial charge in [-0.3, -0.25) is 0 Å². The Morgan fingerprint density at radius 1 is 1.19 bits per heavy atom. The minimum atomic E-state index is -3.55. The SMILES string of the molecule is CCc1ccc(S(=O)(=O)NC2CCc3[nH]c4cc(F)ccc4c3C2)cc1. The summed E-state index contributed by atoms with van der Waals surface area (Å²) in [6, 6.07) is 11.5. The van der Waals surface area contributed by atoms with Gasteiger partial charge in [0, 0.05) is 22.6 Å². The molecule has 1 heterocycles. The predicted octanol–water partition coefficient (Wildman–Crippen LogP) is 3.71. The fraction of sp³-hybridized carbons (Fsp3) is 0.300. The van der Waals surface area contributed by atoms with Gasteiger partial charge in [0.15, 0.2) is 0 Å². The molecule has 1 aliphatic carbocycles. The van der Waals surface area contributed by atoms with Gasteiger partial charge in [0.05, 0.1) is 4.90 Å². The van der Waals surface area contributed by atoms with Gasteiger partial charge in [0.1, 0.15) is 5.82 Å². The van der Waals surface area contributed by atoms with Gasteiger partial charge >= 0.3 is 0 Å². The number of fused-ring (bicyclic) bond motifs is 3. The number of aryl methyl sites for hydroxylation is 2. The van der Waals surface area contributed by atoms with E-state index in [1.807, 2.05) is 19.1 Å². The zero-order valence-corrected chi connectivity index (χ0v) is 15.4. The summed E-state index contributed by atoms with van der Waals surface area (Å²) in [6.07, 6.45) is 2.94. The Balaban J connectivity index is 1.57. The molecule has 0 saturated carbocycles. The fourth-order valence-electron chi connectivity index (χ4n) is 3.69. The number of nitrogens with one attached hydrogen (secondary N) is 2. The molecule has 0 fully saturated rings. The first-order chi connectivity index (χ1) is 12.5. The van der Waals surface area contributed by atoms with E-state index in [0.717, 1.165) is 40.6 Å². The highest BCUT2D eigenvalue weighted by Gasteiger charge is 2.26. The average Bonchev–Trinajstić information content (AvgIpc) is 2.98. The summed E-state index contributed by atoms with van der Waals surface area (Å²) in [5.41, 5.74) is 4.04. The number of hydrogen-bond acceptors (Lipinski definition) is 2. The van der Waals surface area contributed by atoms with Crippen LogP contribution in [-0.2, 0) is 29.3 Å². The fourth-order valence-corrected chi connectivity index (χ4v) is 4.96. The maximum atomic E-state index is 13.4. The largest absolute Gasteiger partial charge is 0.358 e. The highest BCUT2D eigenvalue weighted by molar-refractivity contribution is 7.89. The van der Waals surface area contributed by atoms with E-state index in [0.29, 0.717) is 17.7 Å². The number of rotatable bonds is 4. The summed E-state index contributed by atoms with van der Waals surface area (Å²) in [5.74, 6) is -0.274. The minimum absolute atomic E-state index is 0.164. The standard InChI is InChI=1S/C20H21FN2O2S/c1-2-13-3-7-16(8-4-13)26(24,25)23-15-6-10-19-18(12-15)17-9-5-14(21)11-20(17)22-19/h3-5,7-9,11,15,22-23H,2,6,10,12H2,1H3. The van der Waals surface area contributed by atoms with Crippen LogP contribution in [-0.4, -0.2) is 19.4 Å². The Morgan fingerprint density at radius 2 is 1.96 bits per heavy atom. The van der Waals surface area contributed by atoms with Crippen molar-refractivity contribution in [1.82, 2.24) is 9.71 Å². The van der Waals surface area contributed by atoms with Crippen LogP contribution >= 0.6 is 0 Å². The third kappa shape index (κ3) is 3.15. The predicted molar refractivity (Wildman–Crippen MR) is 100 cm³/mol. The number of sulfonamides is 1. The Hall–Kier alpha value is -2.18. The summed E-state index contributed by atoms with van der Waals surface area (Å²) >= 11 is 0. The Morgan fingerprint density at radius 3 is 2.69 bits per heavy atom. The number of hydrogen-bond donors (Lipinski definition) is 2. The van der Waals surface area contributed by atoms with Crippen molar-refractivity contribution in [1.29, 1.82) is 0 Å². The lowest BCUT2D eigenvalue weighted by atomic mass is 9.92. The molecule has 3 aromatic rings. The Bertz CT molecular complexity index is 1060. The third-order valence-corrected chi connectivity index (χ3v) is 6.65. The van der Waals surface area contributed by atoms with Gasteiger partial charge < -0.3 is 4.98 Å². The van der Waals surface area contributed by atoms with Crippen molar-refractivity contribution in [3.05, 3.63) is 65.1 Å². The molecule has 0 saturated heterocycles. The maximum absolute atomic E-state index is 13.4. The van der Waals surface area contributed by atoms with Crippen molar-refractivity contribution in [2.45, 2.75) is 43.5 Å². The van der Waals surface area contributed by atoms with Gasteiger partial charge in [0.2, 0.25) is 10.0 Å². The van der Waals surface area contributed by atoms with E-state index in [2.05, 4.69) is 9.71 Å². The minimum Gasteiger partial charge on any atom is -0.358 e. The molecular weight excluding hydrogens is 351 g/mol. The Kier molecular flexibility index (Phi) is 4.32. The van der Waals surface area contributed by atoms with Crippen molar-refractivity contribution in [3.8, 4) is 0 Å². The summed E-state index contributed by atoms with van der Waals surface area (Å²) in [4.78, 5) is 3.56. The van der Waals surface area contributed by atoms with Gasteiger partial charge in [0.25, 0.3) is 0 Å². The van der Waals surface area contributed by atoms with E-state index in [1.54, 1.807) is 18.2 Å². The molecule has 6 heteroatoms. The van der Waals surface area contributed by atoms with Crippen LogP contribution in [0.4, 0.5) is 4.39 Å². The van der Waals surface area contributed by atoms with E-state index < -0.39 is 10.0 Å². The lowest BCUT2D eigenvalue weighted by Crippen LogP contribution is -2.38.